The van der Waals surface area contributed by atoms with Crippen molar-refractivity contribution in [1.29, 1.82) is 0 Å². The maximum Gasteiger partial charge on any atom is 0.123 e. The van der Waals surface area contributed by atoms with Gasteiger partial charge in [-0.3, -0.25) is 0 Å². The van der Waals surface area contributed by atoms with Crippen LogP contribution in [0.15, 0.2) is 18.3 Å². The summed E-state index contributed by atoms with van der Waals surface area (Å²) in [6.07, 6.45) is 1.99. The van der Waals surface area contributed by atoms with Crippen molar-refractivity contribution in [2.24, 2.45) is 0 Å². The highest BCUT2D eigenvalue weighted by atomic mass is 16.5. The van der Waals surface area contributed by atoms with Crippen LogP contribution >= 0.6 is 0 Å². The first-order valence-corrected chi connectivity index (χ1v) is 4.00. The number of rotatable bonds is 3. The van der Waals surface area contributed by atoms with Gasteiger partial charge in [0, 0.05) is 6.20 Å². The van der Waals surface area contributed by atoms with Gasteiger partial charge in [-0.05, 0) is 25.5 Å². The monoisotopic (exact) mass is 166 g/mol. The van der Waals surface area contributed by atoms with Crippen LogP contribution in [0.2, 0.25) is 0 Å². The molecule has 66 valence electrons. The highest BCUT2D eigenvalue weighted by Gasteiger charge is 1.95. The molecule has 0 bridgehead atoms. The molecule has 0 unspecified atom stereocenters. The number of hydrogen-bond donors (Lipinski definition) is 1. The summed E-state index contributed by atoms with van der Waals surface area (Å²) in [5.74, 6) is 0.545. The number of anilines is 1. The molecule has 2 N–H and O–H groups in total. The predicted octanol–water partition coefficient (Wildman–Crippen LogP) is 1.59. The van der Waals surface area contributed by atoms with Crippen LogP contribution in [0, 0.1) is 0 Å². The van der Waals surface area contributed by atoms with Gasteiger partial charge < -0.3 is 10.5 Å². The molecule has 3 heteroatoms. The zero-order chi connectivity index (χ0) is 8.97. The van der Waals surface area contributed by atoms with Gasteiger partial charge >= 0.3 is 0 Å². The lowest BCUT2D eigenvalue weighted by molar-refractivity contribution is 0.0655. The third-order valence-corrected chi connectivity index (χ3v) is 1.43. The first-order valence-electron chi connectivity index (χ1n) is 4.00. The number of nitrogen functional groups attached to an aromatic ring is 1. The second-order valence-electron chi connectivity index (χ2n) is 2.95. The van der Waals surface area contributed by atoms with Crippen molar-refractivity contribution < 1.29 is 4.74 Å². The lowest BCUT2D eigenvalue weighted by Crippen LogP contribution is -2.02. The summed E-state index contributed by atoms with van der Waals surface area (Å²) in [5.41, 5.74) is 6.48. The van der Waals surface area contributed by atoms with Crippen molar-refractivity contribution in [1.82, 2.24) is 4.98 Å². The summed E-state index contributed by atoms with van der Waals surface area (Å²) in [5, 5.41) is 0. The zero-order valence-corrected chi connectivity index (χ0v) is 7.45. The average molecular weight is 166 g/mol. The molecule has 1 aromatic rings. The summed E-state index contributed by atoms with van der Waals surface area (Å²) in [7, 11) is 0. The van der Waals surface area contributed by atoms with Crippen LogP contribution in [0.1, 0.15) is 19.4 Å². The van der Waals surface area contributed by atoms with Gasteiger partial charge in [0.2, 0.25) is 0 Å². The smallest absolute Gasteiger partial charge is 0.123 e. The summed E-state index contributed by atoms with van der Waals surface area (Å²) in [6, 6.07) is 3.70. The van der Waals surface area contributed by atoms with Crippen molar-refractivity contribution in [2.45, 2.75) is 26.6 Å². The maximum atomic E-state index is 5.43. The molecule has 3 nitrogen and oxygen atoms in total. The molecule has 0 radical (unpaired) electrons. The van der Waals surface area contributed by atoms with Crippen LogP contribution in [-0.2, 0) is 11.3 Å². The standard InChI is InChI=1S/C9H14N2O/c1-7(2)12-6-8-3-4-9(10)11-5-8/h3-5,7H,6H2,1-2H3,(H2,10,11). The molecule has 0 saturated carbocycles. The first kappa shape index (κ1) is 9.00. The predicted molar refractivity (Wildman–Crippen MR) is 48.6 cm³/mol. The zero-order valence-electron chi connectivity index (χ0n) is 7.45. The Morgan fingerprint density at radius 2 is 2.25 bits per heavy atom. The van der Waals surface area contributed by atoms with Crippen molar-refractivity contribution >= 4 is 5.82 Å². The van der Waals surface area contributed by atoms with Crippen LogP contribution in [-0.4, -0.2) is 11.1 Å². The van der Waals surface area contributed by atoms with Gasteiger partial charge in [-0.2, -0.15) is 0 Å². The molecule has 0 aliphatic carbocycles. The molecule has 0 amide bonds. The van der Waals surface area contributed by atoms with E-state index in [0.717, 1.165) is 5.56 Å². The van der Waals surface area contributed by atoms with Crippen LogP contribution in [0.3, 0.4) is 0 Å². The maximum absolute atomic E-state index is 5.43. The lowest BCUT2D eigenvalue weighted by Gasteiger charge is -2.06. The fraction of sp³-hybridized carbons (Fsp3) is 0.444. The van der Waals surface area contributed by atoms with E-state index >= 15 is 0 Å². The molecule has 12 heavy (non-hydrogen) atoms. The van der Waals surface area contributed by atoms with Crippen molar-refractivity contribution in [3.63, 3.8) is 0 Å². The Bertz CT molecular complexity index is 231. The van der Waals surface area contributed by atoms with Crippen molar-refractivity contribution in [3.05, 3.63) is 23.9 Å². The molecule has 1 aromatic heterocycles. The number of aromatic nitrogens is 1. The van der Waals surface area contributed by atoms with Crippen LogP contribution < -0.4 is 5.73 Å². The molecule has 0 aromatic carbocycles. The molecular weight excluding hydrogens is 152 g/mol. The van der Waals surface area contributed by atoms with Gasteiger partial charge in [-0.25, -0.2) is 4.98 Å². The highest BCUT2D eigenvalue weighted by molar-refractivity contribution is 5.28. The Kier molecular flexibility index (Phi) is 3.05. The molecule has 0 aliphatic rings. The van der Waals surface area contributed by atoms with Gasteiger partial charge in [-0.15, -0.1) is 0 Å². The Morgan fingerprint density at radius 1 is 1.50 bits per heavy atom. The van der Waals surface area contributed by atoms with E-state index in [1.807, 2.05) is 19.9 Å². The number of nitrogens with zero attached hydrogens (tertiary/aromatic N) is 1. The van der Waals surface area contributed by atoms with Crippen molar-refractivity contribution in [2.75, 3.05) is 5.73 Å². The summed E-state index contributed by atoms with van der Waals surface area (Å²) < 4.78 is 5.39. The number of nitrogens with two attached hydrogens (primary N) is 1. The number of pyridine rings is 1. The van der Waals surface area contributed by atoms with Gasteiger partial charge in [0.15, 0.2) is 0 Å². The third-order valence-electron chi connectivity index (χ3n) is 1.43. The minimum absolute atomic E-state index is 0.252. The largest absolute Gasteiger partial charge is 0.384 e. The molecule has 1 rings (SSSR count). The summed E-state index contributed by atoms with van der Waals surface area (Å²) in [4.78, 5) is 3.95. The van der Waals surface area contributed by atoms with Gasteiger partial charge in [0.05, 0.1) is 12.7 Å². The number of ether oxygens (including phenoxy) is 1. The molecular formula is C9H14N2O. The van der Waals surface area contributed by atoms with E-state index in [0.29, 0.717) is 12.4 Å². The molecule has 0 spiro atoms. The van der Waals surface area contributed by atoms with Crippen molar-refractivity contribution in [3.8, 4) is 0 Å². The minimum Gasteiger partial charge on any atom is -0.384 e. The number of hydrogen-bond acceptors (Lipinski definition) is 3. The second-order valence-corrected chi connectivity index (χ2v) is 2.95. The van der Waals surface area contributed by atoms with Crippen LogP contribution in [0.25, 0.3) is 0 Å². The SMILES string of the molecule is CC(C)OCc1ccc(N)nc1. The van der Waals surface area contributed by atoms with E-state index < -0.39 is 0 Å². The van der Waals surface area contributed by atoms with E-state index in [1.54, 1.807) is 12.3 Å². The topological polar surface area (TPSA) is 48.1 Å². The van der Waals surface area contributed by atoms with E-state index in [2.05, 4.69) is 4.98 Å². The normalized spacial score (nSPS) is 10.6. The Morgan fingerprint density at radius 3 is 2.75 bits per heavy atom. The molecule has 0 aliphatic heterocycles. The van der Waals surface area contributed by atoms with Gasteiger partial charge in [0.1, 0.15) is 5.82 Å². The minimum atomic E-state index is 0.252. The van der Waals surface area contributed by atoms with Crippen LogP contribution in [0.5, 0.6) is 0 Å². The highest BCUT2D eigenvalue weighted by Crippen LogP contribution is 2.04. The Balaban J connectivity index is 2.48. The molecule has 0 fully saturated rings. The van der Waals surface area contributed by atoms with E-state index in [4.69, 9.17) is 10.5 Å². The second kappa shape index (κ2) is 4.07. The lowest BCUT2D eigenvalue weighted by atomic mass is 10.3. The molecule has 1 heterocycles. The van der Waals surface area contributed by atoms with Crippen LogP contribution in [0.4, 0.5) is 5.82 Å². The fourth-order valence-corrected chi connectivity index (χ4v) is 0.784. The third kappa shape index (κ3) is 2.88. The summed E-state index contributed by atoms with van der Waals surface area (Å²) >= 11 is 0. The molecule has 0 saturated heterocycles. The van der Waals surface area contributed by atoms with Gasteiger partial charge in [0.25, 0.3) is 0 Å². The van der Waals surface area contributed by atoms with E-state index in [-0.39, 0.29) is 6.10 Å². The average Bonchev–Trinajstić information content (AvgIpc) is 2.03. The Hall–Kier alpha value is -1.09. The van der Waals surface area contributed by atoms with E-state index in [1.165, 1.54) is 0 Å². The Labute approximate surface area is 72.6 Å². The molecule has 0 atom stereocenters. The quantitative estimate of drug-likeness (QED) is 0.741. The summed E-state index contributed by atoms with van der Waals surface area (Å²) in [6.45, 7) is 4.61. The van der Waals surface area contributed by atoms with E-state index in [9.17, 15) is 0 Å². The van der Waals surface area contributed by atoms with Gasteiger partial charge in [-0.1, -0.05) is 6.07 Å². The fourth-order valence-electron chi connectivity index (χ4n) is 0.784. The first-order chi connectivity index (χ1) is 5.68.